The van der Waals surface area contributed by atoms with E-state index < -0.39 is 69.7 Å². The number of hydrogen-bond donors (Lipinski definition) is 0. The summed E-state index contributed by atoms with van der Waals surface area (Å²) in [6, 6.07) is 15.2. The third-order valence-corrected chi connectivity index (χ3v) is 11.9. The van der Waals surface area contributed by atoms with Gasteiger partial charge in [0.05, 0.1) is 41.5 Å². The summed E-state index contributed by atoms with van der Waals surface area (Å²) in [5.41, 5.74) is -4.29. The number of piperidine rings is 1. The number of para-hydroxylation sites is 1. The molecule has 2 bridgehead atoms. The number of aryl methyl sites for hydroxylation is 1. The summed E-state index contributed by atoms with van der Waals surface area (Å²) in [6.07, 6.45) is -2.00. The molecule has 20 heteroatoms. The second-order valence-corrected chi connectivity index (χ2v) is 24.6. The summed E-state index contributed by atoms with van der Waals surface area (Å²) >= 11 is 0. The minimum absolute atomic E-state index is 0.00883. The van der Waals surface area contributed by atoms with E-state index in [-0.39, 0.29) is 70.9 Å². The van der Waals surface area contributed by atoms with Crippen molar-refractivity contribution in [2.24, 2.45) is 0 Å². The molecule has 0 spiro atoms. The summed E-state index contributed by atoms with van der Waals surface area (Å²) in [5, 5.41) is 4.92. The van der Waals surface area contributed by atoms with Crippen LogP contribution in [0.4, 0.5) is 29.4 Å². The lowest BCUT2D eigenvalue weighted by atomic mass is 9.88. The van der Waals surface area contributed by atoms with E-state index in [1.54, 1.807) is 125 Å². The molecule has 3 aliphatic rings. The van der Waals surface area contributed by atoms with Crippen LogP contribution in [0.3, 0.4) is 0 Å². The number of hydrogen-bond acceptors (Lipinski definition) is 15. The quantitative estimate of drug-likeness (QED) is 0.0648. The number of carbonyl (C=O) groups excluding carboxylic acids is 6. The molecule has 0 aliphatic carbocycles. The molecule has 2 aromatic heterocycles. The zero-order valence-electron chi connectivity index (χ0n) is 47.6. The minimum Gasteiger partial charge on any atom is -0.492 e. The second-order valence-electron chi connectivity index (χ2n) is 24.6. The molecule has 3 fully saturated rings. The number of halogens is 1. The Hall–Kier alpha value is -7.48. The van der Waals surface area contributed by atoms with Crippen LogP contribution in [-0.4, -0.2) is 127 Å². The van der Waals surface area contributed by atoms with Gasteiger partial charge in [0.15, 0.2) is 17.4 Å². The van der Waals surface area contributed by atoms with Crippen LogP contribution < -0.4 is 14.4 Å². The smallest absolute Gasteiger partial charge is 0.425 e. The lowest BCUT2D eigenvalue weighted by Gasteiger charge is -2.55. The van der Waals surface area contributed by atoms with Crippen LogP contribution in [0.2, 0.25) is 0 Å². The fourth-order valence-electron chi connectivity index (χ4n) is 9.01. The first kappa shape index (κ1) is 58.2. The average Bonchev–Trinajstić information content (AvgIpc) is 4.03. The van der Waals surface area contributed by atoms with Crippen LogP contribution in [0.25, 0.3) is 16.6 Å². The van der Waals surface area contributed by atoms with Gasteiger partial charge in [0.1, 0.15) is 51.8 Å². The van der Waals surface area contributed by atoms with E-state index in [0.29, 0.717) is 41.0 Å². The monoisotopic (exact) mass is 1080 g/mol. The molecule has 3 aromatic carbocycles. The Balaban J connectivity index is 1.35. The maximum absolute atomic E-state index is 15.7. The van der Waals surface area contributed by atoms with E-state index in [1.165, 1.54) is 35.0 Å². The topological polar surface area (TPSA) is 199 Å². The third-order valence-electron chi connectivity index (χ3n) is 11.9. The van der Waals surface area contributed by atoms with Crippen LogP contribution in [0.5, 0.6) is 17.2 Å². The van der Waals surface area contributed by atoms with E-state index >= 15 is 4.79 Å². The molecule has 3 amide bonds. The third kappa shape index (κ3) is 14.2. The molecule has 0 saturated carbocycles. The summed E-state index contributed by atoms with van der Waals surface area (Å²) in [4.78, 5) is 90.5. The van der Waals surface area contributed by atoms with Crippen LogP contribution in [-0.2, 0) is 34.9 Å². The summed E-state index contributed by atoms with van der Waals surface area (Å²) < 4.78 is 58.2. The number of piperazine rings is 1. The first-order chi connectivity index (χ1) is 36.0. The molecule has 2 atom stereocenters. The Kier molecular flexibility index (Phi) is 16.2. The number of aromatic nitrogens is 3. The maximum Gasteiger partial charge on any atom is 0.425 e. The van der Waals surface area contributed by atoms with E-state index in [1.807, 2.05) is 20.8 Å². The van der Waals surface area contributed by atoms with E-state index in [9.17, 15) is 28.4 Å². The number of carbonyl (C=O) groups is 6. The number of amides is 3. The number of ketones is 1. The molecule has 78 heavy (non-hydrogen) atoms. The summed E-state index contributed by atoms with van der Waals surface area (Å²) in [7, 11) is 0. The highest BCUT2D eigenvalue weighted by Gasteiger charge is 2.49. The van der Waals surface area contributed by atoms with Crippen LogP contribution in [0, 0.1) is 12.7 Å². The molecule has 0 N–H and O–H groups in total. The van der Waals surface area contributed by atoms with Crippen molar-refractivity contribution in [2.45, 2.75) is 164 Å². The second kappa shape index (κ2) is 21.7. The SMILES string of the molecule is Cc1cc(Oc2ccccc2F)ccc1-n1ncc(C(=O)c2cc3cc(OCCN4CC5CC(C4)N5C(=O)OC(C)(C)C)c(CC(=O)OC(C)(C)C)cc3n2C(=O)OC(C)(C)C)c1N(C(=O)OC(C)(C)C)C(=O)OC(C)(C)C. The zero-order valence-corrected chi connectivity index (χ0v) is 47.6. The average molecular weight is 1080 g/mol. The summed E-state index contributed by atoms with van der Waals surface area (Å²) in [6.45, 7) is 28.9. The molecule has 3 saturated heterocycles. The van der Waals surface area contributed by atoms with Crippen molar-refractivity contribution in [3.63, 3.8) is 0 Å². The number of benzene rings is 3. The maximum atomic E-state index is 15.7. The molecule has 19 nitrogen and oxygen atoms in total. The Morgan fingerprint density at radius 3 is 1.82 bits per heavy atom. The molecule has 5 heterocycles. The highest BCUT2D eigenvalue weighted by molar-refractivity contribution is 6.19. The van der Waals surface area contributed by atoms with Gasteiger partial charge in [-0.15, -0.1) is 0 Å². The van der Waals surface area contributed by atoms with Crippen molar-refractivity contribution in [1.29, 1.82) is 0 Å². The zero-order chi connectivity index (χ0) is 57.6. The number of fused-ring (bicyclic) bond motifs is 3. The Bertz CT molecular complexity index is 3090. The van der Waals surface area contributed by atoms with Gasteiger partial charge in [-0.2, -0.15) is 10.00 Å². The first-order valence-corrected chi connectivity index (χ1v) is 26.0. The number of anilines is 1. The predicted octanol–water partition coefficient (Wildman–Crippen LogP) is 11.7. The van der Waals surface area contributed by atoms with Gasteiger partial charge >= 0.3 is 30.3 Å². The van der Waals surface area contributed by atoms with Gasteiger partial charge in [-0.05, 0) is 171 Å². The van der Waals surface area contributed by atoms with Crippen molar-refractivity contribution in [2.75, 3.05) is 31.1 Å². The number of nitrogens with zero attached hydrogens (tertiary/aromatic N) is 6. The van der Waals surface area contributed by atoms with Crippen LogP contribution in [0.15, 0.2) is 66.9 Å². The van der Waals surface area contributed by atoms with E-state index in [2.05, 4.69) is 10.00 Å². The fourth-order valence-corrected chi connectivity index (χ4v) is 9.01. The van der Waals surface area contributed by atoms with E-state index in [0.717, 1.165) is 17.2 Å². The van der Waals surface area contributed by atoms with Crippen molar-refractivity contribution in [3.8, 4) is 22.9 Å². The van der Waals surface area contributed by atoms with Gasteiger partial charge in [-0.3, -0.25) is 19.4 Å². The fraction of sp³-hybridized carbons (Fsp3) is 0.500. The van der Waals surface area contributed by atoms with Gasteiger partial charge in [0.2, 0.25) is 5.78 Å². The number of rotatable bonds is 12. The normalized spacial score (nSPS) is 16.0. The Morgan fingerprint density at radius 1 is 0.679 bits per heavy atom. The number of ether oxygens (including phenoxy) is 7. The molecule has 2 unspecified atom stereocenters. The van der Waals surface area contributed by atoms with Gasteiger partial charge in [-0.25, -0.2) is 32.8 Å². The Labute approximate surface area is 454 Å². The standard InChI is InChI=1S/C58H73FN6O13/c1-34-25-39(73-45-20-18-17-19-41(45)59)21-22-42(34)65-49(64(52(70)77-57(11,12)13)53(71)78-58(14,15)16)40(31-60-65)48(67)44-26-35-28-46(72-24-23-61-32-37-30-38(33-61)62(37)50(68)75-55(5,6)7)36(29-47(66)74-54(2,3)4)27-43(35)63(44)51(69)76-56(8,9)10/h17-22,25-28,31,37-38H,23-24,29-30,32-33H2,1-16H3. The predicted molar refractivity (Wildman–Crippen MR) is 288 cm³/mol. The number of esters is 1. The van der Waals surface area contributed by atoms with Gasteiger partial charge in [0, 0.05) is 30.6 Å². The molecule has 3 aliphatic heterocycles. The van der Waals surface area contributed by atoms with Gasteiger partial charge < -0.3 is 33.2 Å². The molecule has 0 radical (unpaired) electrons. The Morgan fingerprint density at radius 2 is 1.26 bits per heavy atom. The van der Waals surface area contributed by atoms with Gasteiger partial charge in [0.25, 0.3) is 0 Å². The van der Waals surface area contributed by atoms with Crippen molar-refractivity contribution in [3.05, 3.63) is 95.1 Å². The van der Waals surface area contributed by atoms with Crippen molar-refractivity contribution in [1.82, 2.24) is 24.1 Å². The highest BCUT2D eigenvalue weighted by Crippen LogP contribution is 2.38. The van der Waals surface area contributed by atoms with Gasteiger partial charge in [-0.1, -0.05) is 12.1 Å². The van der Waals surface area contributed by atoms with Crippen molar-refractivity contribution < 1.29 is 66.3 Å². The summed E-state index contributed by atoms with van der Waals surface area (Å²) in [5.74, 6) is -1.99. The lowest BCUT2D eigenvalue weighted by molar-refractivity contribution is -0.154. The minimum atomic E-state index is -1.21. The molecule has 420 valence electrons. The highest BCUT2D eigenvalue weighted by atomic mass is 19.1. The first-order valence-electron chi connectivity index (χ1n) is 26.0. The van der Waals surface area contributed by atoms with Crippen molar-refractivity contribution >= 4 is 52.8 Å². The molecular weight excluding hydrogens is 1010 g/mol. The molecular formula is C58H73FN6O13. The largest absolute Gasteiger partial charge is 0.492 e. The molecule has 8 rings (SSSR count). The molecule has 5 aromatic rings. The lowest BCUT2D eigenvalue weighted by Crippen LogP contribution is -2.70. The van der Waals surface area contributed by atoms with E-state index in [4.69, 9.17) is 33.2 Å². The number of imide groups is 1. The van der Waals surface area contributed by atoms with Crippen LogP contribution >= 0.6 is 0 Å². The van der Waals surface area contributed by atoms with Crippen LogP contribution in [0.1, 0.15) is 137 Å².